The summed E-state index contributed by atoms with van der Waals surface area (Å²) >= 11 is 0. The highest BCUT2D eigenvalue weighted by molar-refractivity contribution is 5.95. The van der Waals surface area contributed by atoms with Gasteiger partial charge >= 0.3 is 5.97 Å². The number of halogens is 1. The van der Waals surface area contributed by atoms with E-state index < -0.39 is 11.8 Å². The van der Waals surface area contributed by atoms with Crippen LogP contribution in [0, 0.1) is 19.7 Å². The molecule has 0 fully saturated rings. The van der Waals surface area contributed by atoms with Gasteiger partial charge in [-0.25, -0.2) is 9.18 Å². The van der Waals surface area contributed by atoms with E-state index in [9.17, 15) is 14.0 Å². The third kappa shape index (κ3) is 3.16. The molecule has 0 radical (unpaired) electrons. The normalized spacial score (nSPS) is 10.5. The molecule has 2 rings (SSSR count). The molecule has 0 bridgehead atoms. The van der Waals surface area contributed by atoms with Crippen LogP contribution in [0.25, 0.3) is 0 Å². The largest absolute Gasteiger partial charge is 0.478 e. The van der Waals surface area contributed by atoms with Crippen LogP contribution in [0.5, 0.6) is 0 Å². The van der Waals surface area contributed by atoms with E-state index in [0.29, 0.717) is 22.6 Å². The second kappa shape index (κ2) is 6.01. The summed E-state index contributed by atoms with van der Waals surface area (Å²) in [4.78, 5) is 24.7. The number of carbonyl (C=O) groups is 2. The molecule has 1 aromatic heterocycles. The zero-order chi connectivity index (χ0) is 16.4. The first-order valence-electron chi connectivity index (χ1n) is 6.64. The molecule has 116 valence electrons. The Hall–Kier alpha value is -2.63. The Labute approximate surface area is 127 Å². The highest BCUT2D eigenvalue weighted by Crippen LogP contribution is 2.18. The first-order valence-corrected chi connectivity index (χ1v) is 6.64. The zero-order valence-corrected chi connectivity index (χ0v) is 12.5. The number of aromatic carboxylic acids is 1. The van der Waals surface area contributed by atoms with Gasteiger partial charge in [-0.05, 0) is 43.7 Å². The fourth-order valence-electron chi connectivity index (χ4n) is 2.21. The van der Waals surface area contributed by atoms with Gasteiger partial charge in [0, 0.05) is 12.6 Å². The molecule has 5 nitrogen and oxygen atoms in total. The number of amides is 1. The molecular weight excluding hydrogens is 289 g/mol. The third-order valence-electron chi connectivity index (χ3n) is 3.36. The minimum Gasteiger partial charge on any atom is -0.478 e. The fourth-order valence-corrected chi connectivity index (χ4v) is 2.21. The Bertz CT molecular complexity index is 736. The topological polar surface area (TPSA) is 70.8 Å². The van der Waals surface area contributed by atoms with Gasteiger partial charge in [0.05, 0.1) is 6.54 Å². The molecule has 0 unspecified atom stereocenters. The van der Waals surface area contributed by atoms with Crippen LogP contribution in [0.3, 0.4) is 0 Å². The lowest BCUT2D eigenvalue weighted by Gasteiger charge is -2.17. The third-order valence-corrected chi connectivity index (χ3v) is 3.36. The van der Waals surface area contributed by atoms with Crippen molar-refractivity contribution in [2.24, 2.45) is 0 Å². The average Bonchev–Trinajstić information content (AvgIpc) is 2.79. The van der Waals surface area contributed by atoms with Crippen LogP contribution < -0.4 is 0 Å². The summed E-state index contributed by atoms with van der Waals surface area (Å²) in [5, 5.41) is 8.99. The van der Waals surface area contributed by atoms with Crippen LogP contribution in [0.1, 0.15) is 37.8 Å². The van der Waals surface area contributed by atoms with Gasteiger partial charge in [-0.3, -0.25) is 4.79 Å². The number of carboxylic acid groups (broad SMARTS) is 1. The molecule has 6 heteroatoms. The predicted molar refractivity (Wildman–Crippen MR) is 77.3 cm³/mol. The SMILES string of the molecule is Cc1cc(F)ccc1C(=O)N(C)Cc1cc(C(=O)O)c(C)o1. The molecular formula is C16H16FNO4. The summed E-state index contributed by atoms with van der Waals surface area (Å²) in [5.74, 6) is -1.09. The predicted octanol–water partition coefficient (Wildman–Crippen LogP) is 3.01. The zero-order valence-electron chi connectivity index (χ0n) is 12.5. The molecule has 0 saturated carbocycles. The van der Waals surface area contributed by atoms with Gasteiger partial charge in [-0.1, -0.05) is 0 Å². The van der Waals surface area contributed by atoms with Crippen molar-refractivity contribution in [1.29, 1.82) is 0 Å². The molecule has 0 spiro atoms. The fraction of sp³-hybridized carbons (Fsp3) is 0.250. The van der Waals surface area contributed by atoms with Crippen LogP contribution >= 0.6 is 0 Å². The van der Waals surface area contributed by atoms with E-state index in [0.717, 1.165) is 0 Å². The number of carboxylic acids is 1. The molecule has 1 heterocycles. The van der Waals surface area contributed by atoms with Crippen LogP contribution in [0.4, 0.5) is 4.39 Å². The lowest BCUT2D eigenvalue weighted by Crippen LogP contribution is -2.26. The van der Waals surface area contributed by atoms with Crippen molar-refractivity contribution in [3.05, 3.63) is 58.3 Å². The Morgan fingerprint density at radius 3 is 2.45 bits per heavy atom. The molecule has 0 aliphatic carbocycles. The van der Waals surface area contributed by atoms with Crippen molar-refractivity contribution >= 4 is 11.9 Å². The number of carbonyl (C=O) groups excluding carboxylic acids is 1. The Balaban J connectivity index is 2.18. The standard InChI is InChI=1S/C16H16FNO4/c1-9-6-11(17)4-5-13(9)15(19)18(3)8-12-7-14(16(20)21)10(2)22-12/h4-7H,8H2,1-3H3,(H,20,21). The minimum atomic E-state index is -1.07. The van der Waals surface area contributed by atoms with E-state index in [1.54, 1.807) is 20.9 Å². The van der Waals surface area contributed by atoms with Crippen LogP contribution in [-0.2, 0) is 6.54 Å². The molecule has 0 atom stereocenters. The van der Waals surface area contributed by atoms with E-state index >= 15 is 0 Å². The van der Waals surface area contributed by atoms with Crippen molar-refractivity contribution < 1.29 is 23.5 Å². The second-order valence-electron chi connectivity index (χ2n) is 5.11. The molecule has 0 aliphatic rings. The molecule has 0 saturated heterocycles. The Morgan fingerprint density at radius 2 is 1.91 bits per heavy atom. The van der Waals surface area contributed by atoms with Crippen molar-refractivity contribution in [1.82, 2.24) is 4.90 Å². The van der Waals surface area contributed by atoms with E-state index in [-0.39, 0.29) is 18.0 Å². The maximum atomic E-state index is 13.1. The summed E-state index contributed by atoms with van der Waals surface area (Å²) < 4.78 is 18.4. The van der Waals surface area contributed by atoms with Gasteiger partial charge in [0.25, 0.3) is 5.91 Å². The first kappa shape index (κ1) is 15.8. The number of aryl methyl sites for hydroxylation is 2. The summed E-state index contributed by atoms with van der Waals surface area (Å²) in [6, 6.07) is 5.35. The molecule has 22 heavy (non-hydrogen) atoms. The quantitative estimate of drug-likeness (QED) is 0.942. The van der Waals surface area contributed by atoms with Crippen LogP contribution in [-0.4, -0.2) is 28.9 Å². The number of hydrogen-bond acceptors (Lipinski definition) is 3. The highest BCUT2D eigenvalue weighted by atomic mass is 19.1. The van der Waals surface area contributed by atoms with Gasteiger partial charge in [0.1, 0.15) is 22.9 Å². The number of benzene rings is 1. The summed E-state index contributed by atoms with van der Waals surface area (Å²) in [6.07, 6.45) is 0. The molecule has 1 aromatic carbocycles. The smallest absolute Gasteiger partial charge is 0.339 e. The van der Waals surface area contributed by atoms with Crippen molar-refractivity contribution in [3.8, 4) is 0 Å². The van der Waals surface area contributed by atoms with E-state index in [4.69, 9.17) is 9.52 Å². The second-order valence-corrected chi connectivity index (χ2v) is 5.11. The van der Waals surface area contributed by atoms with Crippen molar-refractivity contribution in [3.63, 3.8) is 0 Å². The average molecular weight is 305 g/mol. The van der Waals surface area contributed by atoms with Gasteiger partial charge in [-0.2, -0.15) is 0 Å². The number of furan rings is 1. The number of hydrogen-bond donors (Lipinski definition) is 1. The van der Waals surface area contributed by atoms with Crippen molar-refractivity contribution in [2.45, 2.75) is 20.4 Å². The van der Waals surface area contributed by atoms with Crippen LogP contribution in [0.15, 0.2) is 28.7 Å². The molecule has 2 aromatic rings. The summed E-state index contributed by atoms with van der Waals surface area (Å²) in [7, 11) is 1.57. The van der Waals surface area contributed by atoms with Gasteiger partial charge in [0.15, 0.2) is 0 Å². The van der Waals surface area contributed by atoms with E-state index in [1.165, 1.54) is 29.2 Å². The summed E-state index contributed by atoms with van der Waals surface area (Å²) in [6.45, 7) is 3.34. The summed E-state index contributed by atoms with van der Waals surface area (Å²) in [5.41, 5.74) is 1.01. The molecule has 0 aliphatic heterocycles. The highest BCUT2D eigenvalue weighted by Gasteiger charge is 2.19. The maximum Gasteiger partial charge on any atom is 0.339 e. The number of rotatable bonds is 4. The van der Waals surface area contributed by atoms with Gasteiger partial charge in [-0.15, -0.1) is 0 Å². The van der Waals surface area contributed by atoms with Gasteiger partial charge in [0.2, 0.25) is 0 Å². The lowest BCUT2D eigenvalue weighted by atomic mass is 10.1. The van der Waals surface area contributed by atoms with E-state index in [2.05, 4.69) is 0 Å². The first-order chi connectivity index (χ1) is 10.3. The Kier molecular flexibility index (Phi) is 4.30. The monoisotopic (exact) mass is 305 g/mol. The van der Waals surface area contributed by atoms with Gasteiger partial charge < -0.3 is 14.4 Å². The minimum absolute atomic E-state index is 0.0776. The molecule has 1 amide bonds. The lowest BCUT2D eigenvalue weighted by molar-refractivity contribution is 0.0694. The van der Waals surface area contributed by atoms with E-state index in [1.807, 2.05) is 0 Å². The Morgan fingerprint density at radius 1 is 1.23 bits per heavy atom. The number of nitrogens with zero attached hydrogens (tertiary/aromatic N) is 1. The van der Waals surface area contributed by atoms with Crippen molar-refractivity contribution in [2.75, 3.05) is 7.05 Å². The van der Waals surface area contributed by atoms with Crippen LogP contribution in [0.2, 0.25) is 0 Å². The molecule has 1 N–H and O–H groups in total. The maximum absolute atomic E-state index is 13.1.